The highest BCUT2D eigenvalue weighted by atomic mass is 19.1. The summed E-state index contributed by atoms with van der Waals surface area (Å²) in [6.07, 6.45) is 0.465. The van der Waals surface area contributed by atoms with Crippen LogP contribution in [0, 0.1) is 5.92 Å². The van der Waals surface area contributed by atoms with Gasteiger partial charge in [-0.2, -0.15) is 0 Å². The Bertz CT molecular complexity index is 561. The molecule has 0 N–H and O–H groups in total. The molecule has 0 amide bonds. The molecular formula is C16H17FO2. The zero-order valence-electron chi connectivity index (χ0n) is 10.9. The van der Waals surface area contributed by atoms with Gasteiger partial charge in [0.25, 0.3) is 0 Å². The van der Waals surface area contributed by atoms with Gasteiger partial charge in [-0.25, -0.2) is 0 Å². The minimum Gasteiger partial charge on any atom is -0.461 e. The Kier molecular flexibility index (Phi) is 4.50. The van der Waals surface area contributed by atoms with Crippen LogP contribution in [0.15, 0.2) is 42.5 Å². The fourth-order valence-corrected chi connectivity index (χ4v) is 1.94. The van der Waals surface area contributed by atoms with E-state index in [9.17, 15) is 9.18 Å². The number of esters is 1. The lowest BCUT2D eigenvalue weighted by Gasteiger charge is -2.11. The Morgan fingerprint density at radius 3 is 2.63 bits per heavy atom. The summed E-state index contributed by atoms with van der Waals surface area (Å²) in [6, 6.07) is 13.9. The van der Waals surface area contributed by atoms with E-state index in [4.69, 9.17) is 4.74 Å². The summed E-state index contributed by atoms with van der Waals surface area (Å²) in [5, 5.41) is 2.25. The first-order chi connectivity index (χ1) is 9.24. The topological polar surface area (TPSA) is 26.3 Å². The average Bonchev–Trinajstić information content (AvgIpc) is 2.46. The summed E-state index contributed by atoms with van der Waals surface area (Å²) in [7, 11) is 0. The van der Waals surface area contributed by atoms with Gasteiger partial charge in [0, 0.05) is 0 Å². The van der Waals surface area contributed by atoms with Crippen molar-refractivity contribution >= 4 is 16.7 Å². The van der Waals surface area contributed by atoms with E-state index in [2.05, 4.69) is 0 Å². The van der Waals surface area contributed by atoms with Gasteiger partial charge in [-0.05, 0) is 28.8 Å². The molecule has 0 saturated heterocycles. The van der Waals surface area contributed by atoms with E-state index in [0.717, 1.165) is 16.3 Å². The van der Waals surface area contributed by atoms with Crippen LogP contribution in [0.3, 0.4) is 0 Å². The van der Waals surface area contributed by atoms with Gasteiger partial charge in [0.15, 0.2) is 0 Å². The molecular weight excluding hydrogens is 243 g/mol. The second-order valence-electron chi connectivity index (χ2n) is 4.55. The molecule has 0 aliphatic rings. The van der Waals surface area contributed by atoms with Gasteiger partial charge in [-0.15, -0.1) is 0 Å². The fourth-order valence-electron chi connectivity index (χ4n) is 1.94. The van der Waals surface area contributed by atoms with Gasteiger partial charge >= 0.3 is 5.97 Å². The summed E-state index contributed by atoms with van der Waals surface area (Å²) >= 11 is 0. The molecule has 2 rings (SSSR count). The van der Waals surface area contributed by atoms with E-state index < -0.39 is 18.6 Å². The van der Waals surface area contributed by atoms with Crippen LogP contribution in [0.25, 0.3) is 10.8 Å². The number of halogens is 1. The maximum absolute atomic E-state index is 12.5. The lowest BCUT2D eigenvalue weighted by molar-refractivity contribution is -0.150. The van der Waals surface area contributed by atoms with E-state index in [1.165, 1.54) is 0 Å². The molecule has 1 atom stereocenters. The Morgan fingerprint density at radius 1 is 1.21 bits per heavy atom. The molecule has 0 aromatic heterocycles. The second-order valence-corrected chi connectivity index (χ2v) is 4.55. The van der Waals surface area contributed by atoms with Crippen molar-refractivity contribution in [2.45, 2.75) is 20.0 Å². The number of rotatable bonds is 5. The molecule has 2 aromatic carbocycles. The molecule has 0 fully saturated rings. The third kappa shape index (κ3) is 3.31. The number of carbonyl (C=O) groups is 1. The Balaban J connectivity index is 2.03. The lowest BCUT2D eigenvalue weighted by atomic mass is 10.1. The first kappa shape index (κ1) is 13.5. The Hall–Kier alpha value is -1.90. The molecule has 2 aromatic rings. The molecule has 0 saturated carbocycles. The molecule has 3 heteroatoms. The van der Waals surface area contributed by atoms with Crippen molar-refractivity contribution in [3.05, 3.63) is 48.0 Å². The van der Waals surface area contributed by atoms with Crippen LogP contribution in [0.4, 0.5) is 4.39 Å². The summed E-state index contributed by atoms with van der Waals surface area (Å²) in [4.78, 5) is 11.6. The first-order valence-corrected chi connectivity index (χ1v) is 6.45. The van der Waals surface area contributed by atoms with Crippen molar-refractivity contribution in [1.82, 2.24) is 0 Å². The molecule has 19 heavy (non-hydrogen) atoms. The summed E-state index contributed by atoms with van der Waals surface area (Å²) in [5.41, 5.74) is 0.917. The maximum Gasteiger partial charge on any atom is 0.311 e. The molecule has 0 aliphatic heterocycles. The SMILES string of the molecule is CCC(CF)C(=O)OCc1ccc2ccccc2c1. The minimum atomic E-state index is -0.660. The smallest absolute Gasteiger partial charge is 0.311 e. The largest absolute Gasteiger partial charge is 0.461 e. The van der Waals surface area contributed by atoms with Crippen molar-refractivity contribution in [2.75, 3.05) is 6.67 Å². The van der Waals surface area contributed by atoms with Crippen molar-refractivity contribution in [3.8, 4) is 0 Å². The lowest BCUT2D eigenvalue weighted by Crippen LogP contribution is -2.18. The van der Waals surface area contributed by atoms with Crippen molar-refractivity contribution in [1.29, 1.82) is 0 Å². The first-order valence-electron chi connectivity index (χ1n) is 6.45. The normalized spacial score (nSPS) is 12.3. The summed E-state index contributed by atoms with van der Waals surface area (Å²) in [6.45, 7) is 1.31. The van der Waals surface area contributed by atoms with Crippen LogP contribution in [0.5, 0.6) is 0 Å². The van der Waals surface area contributed by atoms with Crippen LogP contribution < -0.4 is 0 Å². The highest BCUT2D eigenvalue weighted by Gasteiger charge is 2.17. The second kappa shape index (κ2) is 6.32. The van der Waals surface area contributed by atoms with Crippen molar-refractivity contribution < 1.29 is 13.9 Å². The third-order valence-corrected chi connectivity index (χ3v) is 3.21. The molecule has 0 heterocycles. The fraction of sp³-hybridized carbons (Fsp3) is 0.312. The number of carbonyl (C=O) groups excluding carboxylic acids is 1. The van der Waals surface area contributed by atoms with Gasteiger partial charge in [0.1, 0.15) is 13.3 Å². The number of ether oxygens (including phenoxy) is 1. The Morgan fingerprint density at radius 2 is 1.95 bits per heavy atom. The van der Waals surface area contributed by atoms with E-state index in [1.807, 2.05) is 42.5 Å². The average molecular weight is 260 g/mol. The summed E-state index contributed by atoms with van der Waals surface area (Å²) in [5.74, 6) is -1.10. The highest BCUT2D eigenvalue weighted by molar-refractivity contribution is 5.83. The van der Waals surface area contributed by atoms with Gasteiger partial charge in [0.2, 0.25) is 0 Å². The van der Waals surface area contributed by atoms with E-state index >= 15 is 0 Å². The highest BCUT2D eigenvalue weighted by Crippen LogP contribution is 2.17. The van der Waals surface area contributed by atoms with Crippen LogP contribution in [0.2, 0.25) is 0 Å². The molecule has 0 bridgehead atoms. The van der Waals surface area contributed by atoms with Crippen LogP contribution >= 0.6 is 0 Å². The van der Waals surface area contributed by atoms with Gasteiger partial charge in [-0.1, -0.05) is 43.3 Å². The van der Waals surface area contributed by atoms with Crippen LogP contribution in [0.1, 0.15) is 18.9 Å². The maximum atomic E-state index is 12.5. The van der Waals surface area contributed by atoms with E-state index in [0.29, 0.717) is 6.42 Å². The third-order valence-electron chi connectivity index (χ3n) is 3.21. The van der Waals surface area contributed by atoms with Crippen LogP contribution in [-0.4, -0.2) is 12.6 Å². The standard InChI is InChI=1S/C16H17FO2/c1-2-13(10-17)16(18)19-11-12-7-8-14-5-3-4-6-15(14)9-12/h3-9,13H,2,10-11H2,1H3. The number of hydrogen-bond acceptors (Lipinski definition) is 2. The van der Waals surface area contributed by atoms with Crippen LogP contribution in [-0.2, 0) is 16.1 Å². The predicted octanol–water partition coefficient (Wildman–Crippen LogP) is 3.88. The number of hydrogen-bond donors (Lipinski definition) is 0. The molecule has 2 nitrogen and oxygen atoms in total. The molecule has 0 aliphatic carbocycles. The van der Waals surface area contributed by atoms with Gasteiger partial charge < -0.3 is 4.74 Å². The Labute approximate surface area is 112 Å². The zero-order valence-corrected chi connectivity index (χ0v) is 10.9. The molecule has 100 valence electrons. The zero-order chi connectivity index (χ0) is 13.7. The van der Waals surface area contributed by atoms with Gasteiger partial charge in [0.05, 0.1) is 5.92 Å². The molecule has 0 spiro atoms. The monoisotopic (exact) mass is 260 g/mol. The van der Waals surface area contributed by atoms with Crippen molar-refractivity contribution in [3.63, 3.8) is 0 Å². The minimum absolute atomic E-state index is 0.195. The number of benzene rings is 2. The summed E-state index contributed by atoms with van der Waals surface area (Å²) < 4.78 is 17.7. The predicted molar refractivity (Wildman–Crippen MR) is 73.5 cm³/mol. The molecule has 0 radical (unpaired) electrons. The number of alkyl halides is 1. The molecule has 1 unspecified atom stereocenters. The van der Waals surface area contributed by atoms with Gasteiger partial charge in [-0.3, -0.25) is 9.18 Å². The quantitative estimate of drug-likeness (QED) is 0.763. The number of fused-ring (bicyclic) bond motifs is 1. The van der Waals surface area contributed by atoms with Crippen molar-refractivity contribution in [2.24, 2.45) is 5.92 Å². The van der Waals surface area contributed by atoms with E-state index in [1.54, 1.807) is 6.92 Å². The van der Waals surface area contributed by atoms with E-state index in [-0.39, 0.29) is 6.61 Å².